The zero-order chi connectivity index (χ0) is 33.6. The van der Waals surface area contributed by atoms with Crippen molar-refractivity contribution in [1.29, 1.82) is 0 Å². The van der Waals surface area contributed by atoms with Crippen LogP contribution >= 0.6 is 68.0 Å². The third-order valence-corrected chi connectivity index (χ3v) is 16.9. The van der Waals surface area contributed by atoms with Gasteiger partial charge < -0.3 is 4.57 Å². The Kier molecular flexibility index (Phi) is 12.3. The SMILES string of the molecule is CCCCCCc1cc(-c2cc(CCCCCC)c(-c3cc4c(s3)c3sc(-c5cccs5)cc3n4CCCCCC)s2)sc1-c1cccs1. The third kappa shape index (κ3) is 7.93. The van der Waals surface area contributed by atoms with Crippen molar-refractivity contribution >= 4 is 88.5 Å². The Hall–Kier alpha value is -2.00. The highest BCUT2D eigenvalue weighted by Gasteiger charge is 2.22. The second-order valence-electron chi connectivity index (χ2n) is 13.4. The molecule has 0 N–H and O–H groups in total. The summed E-state index contributed by atoms with van der Waals surface area (Å²) in [5.41, 5.74) is 6.01. The maximum absolute atomic E-state index is 2.67. The molecule has 0 bridgehead atoms. The molecule has 0 atom stereocenters. The van der Waals surface area contributed by atoms with E-state index in [-0.39, 0.29) is 0 Å². The summed E-state index contributed by atoms with van der Waals surface area (Å²) in [6, 6.07) is 19.2. The Bertz CT molecular complexity index is 2040. The molecule has 7 heterocycles. The van der Waals surface area contributed by atoms with Gasteiger partial charge in [0.2, 0.25) is 0 Å². The molecule has 7 rings (SSSR count). The van der Waals surface area contributed by atoms with E-state index in [4.69, 9.17) is 0 Å². The zero-order valence-corrected chi connectivity index (χ0v) is 34.2. The molecule has 7 aromatic heterocycles. The van der Waals surface area contributed by atoms with Gasteiger partial charge in [0, 0.05) is 45.6 Å². The quantitative estimate of drug-likeness (QED) is 0.0724. The van der Waals surface area contributed by atoms with Crippen LogP contribution < -0.4 is 0 Å². The highest BCUT2D eigenvalue weighted by molar-refractivity contribution is 7.33. The summed E-state index contributed by atoms with van der Waals surface area (Å²) in [6.45, 7) is 8.05. The molecule has 0 spiro atoms. The summed E-state index contributed by atoms with van der Waals surface area (Å²) in [7, 11) is 0. The molecule has 0 aliphatic heterocycles. The van der Waals surface area contributed by atoms with Crippen molar-refractivity contribution in [3.05, 3.63) is 70.4 Å². The predicted molar refractivity (Wildman–Crippen MR) is 228 cm³/mol. The van der Waals surface area contributed by atoms with Crippen molar-refractivity contribution in [3.63, 3.8) is 0 Å². The van der Waals surface area contributed by atoms with Gasteiger partial charge in [-0.3, -0.25) is 0 Å². The maximum atomic E-state index is 2.67. The highest BCUT2D eigenvalue weighted by atomic mass is 32.1. The number of fused-ring (bicyclic) bond motifs is 3. The van der Waals surface area contributed by atoms with E-state index in [1.54, 1.807) is 11.1 Å². The molecule has 7 heteroatoms. The molecule has 0 fully saturated rings. The largest absolute Gasteiger partial charge is 0.339 e. The van der Waals surface area contributed by atoms with Gasteiger partial charge in [-0.15, -0.1) is 68.0 Å². The summed E-state index contributed by atoms with van der Waals surface area (Å²) in [4.78, 5) is 11.7. The lowest BCUT2D eigenvalue weighted by Gasteiger charge is -2.06. The van der Waals surface area contributed by atoms with Crippen molar-refractivity contribution in [2.24, 2.45) is 0 Å². The van der Waals surface area contributed by atoms with Crippen LogP contribution in [0.4, 0.5) is 0 Å². The molecule has 0 saturated heterocycles. The van der Waals surface area contributed by atoms with Gasteiger partial charge >= 0.3 is 0 Å². The summed E-state index contributed by atoms with van der Waals surface area (Å²) >= 11 is 11.9. The number of aryl methyl sites for hydroxylation is 3. The molecule has 258 valence electrons. The van der Waals surface area contributed by atoms with Gasteiger partial charge in [0.15, 0.2) is 0 Å². The van der Waals surface area contributed by atoms with Crippen LogP contribution in [0.5, 0.6) is 0 Å². The summed E-state index contributed by atoms with van der Waals surface area (Å²) in [5.74, 6) is 0. The molecule has 7 aromatic rings. The number of unbranched alkanes of at least 4 members (excludes halogenated alkanes) is 9. The average Bonchev–Trinajstić information content (AvgIpc) is 3.95. The molecule has 0 aliphatic carbocycles. The Labute approximate surface area is 317 Å². The molecule has 49 heavy (non-hydrogen) atoms. The average molecular weight is 760 g/mol. The first-order valence-corrected chi connectivity index (χ1v) is 23.6. The summed E-state index contributed by atoms with van der Waals surface area (Å²) < 4.78 is 5.64. The topological polar surface area (TPSA) is 4.93 Å². The van der Waals surface area contributed by atoms with E-state index < -0.39 is 0 Å². The first-order valence-electron chi connectivity index (χ1n) is 18.6. The number of rotatable bonds is 19. The van der Waals surface area contributed by atoms with Crippen LogP contribution in [0.15, 0.2) is 59.3 Å². The molecule has 0 unspecified atom stereocenters. The van der Waals surface area contributed by atoms with E-state index in [9.17, 15) is 0 Å². The third-order valence-electron chi connectivity index (χ3n) is 9.64. The van der Waals surface area contributed by atoms with Crippen LogP contribution in [0.3, 0.4) is 0 Å². The molecule has 0 radical (unpaired) electrons. The number of hydrogen-bond donors (Lipinski definition) is 0. The van der Waals surface area contributed by atoms with E-state index >= 15 is 0 Å². The zero-order valence-electron chi connectivity index (χ0n) is 29.3. The van der Waals surface area contributed by atoms with Gasteiger partial charge in [0.1, 0.15) is 0 Å². The van der Waals surface area contributed by atoms with Crippen LogP contribution in [0.1, 0.15) is 109 Å². The molecule has 1 nitrogen and oxygen atoms in total. The van der Waals surface area contributed by atoms with Crippen molar-refractivity contribution in [3.8, 4) is 39.0 Å². The monoisotopic (exact) mass is 759 g/mol. The van der Waals surface area contributed by atoms with Crippen molar-refractivity contribution in [1.82, 2.24) is 4.57 Å². The van der Waals surface area contributed by atoms with Gasteiger partial charge in [-0.2, -0.15) is 0 Å². The van der Waals surface area contributed by atoms with E-state index in [1.165, 1.54) is 149 Å². The molecule has 0 aliphatic rings. The summed E-state index contributed by atoms with van der Waals surface area (Å²) in [5, 5.41) is 4.44. The fraction of sp³-hybridized carbons (Fsp3) is 0.429. The minimum atomic E-state index is 1.11. The van der Waals surface area contributed by atoms with Crippen LogP contribution in [0, 0.1) is 0 Å². The van der Waals surface area contributed by atoms with Crippen LogP contribution in [-0.2, 0) is 19.4 Å². The number of aromatic nitrogens is 1. The van der Waals surface area contributed by atoms with Crippen LogP contribution in [0.25, 0.3) is 59.5 Å². The Morgan fingerprint density at radius 1 is 0.469 bits per heavy atom. The van der Waals surface area contributed by atoms with E-state index in [0.29, 0.717) is 0 Å². The van der Waals surface area contributed by atoms with E-state index in [2.05, 4.69) is 107 Å². The predicted octanol–water partition coefficient (Wildman–Crippen LogP) is 16.7. The molecule has 0 saturated carbocycles. The van der Waals surface area contributed by atoms with Gasteiger partial charge in [-0.05, 0) is 90.4 Å². The van der Waals surface area contributed by atoms with Crippen molar-refractivity contribution in [2.75, 3.05) is 0 Å². The van der Waals surface area contributed by atoms with Crippen molar-refractivity contribution < 1.29 is 0 Å². The molecule has 0 aromatic carbocycles. The normalized spacial score (nSPS) is 12.0. The first-order chi connectivity index (χ1) is 24.2. The fourth-order valence-electron chi connectivity index (χ4n) is 6.99. The minimum absolute atomic E-state index is 1.11. The van der Waals surface area contributed by atoms with Crippen LogP contribution in [0.2, 0.25) is 0 Å². The standard InChI is InChI=1S/C42H49NS6/c1-4-7-10-13-18-29-25-35(46-39(29)34-21-17-24-45-34)36-26-30(19-14-11-8-5-2)40(47-36)38-28-32-42(49-38)41-31(43(32)22-15-12-9-6-3)27-37(48-41)33-20-16-23-44-33/h16-17,20-21,23-28H,4-15,18-19,22H2,1-3H3. The Balaban J connectivity index is 1.28. The number of hydrogen-bond acceptors (Lipinski definition) is 6. The number of thiophene rings is 6. The highest BCUT2D eigenvalue weighted by Crippen LogP contribution is 2.50. The molecular weight excluding hydrogens is 711 g/mol. The van der Waals surface area contributed by atoms with E-state index in [0.717, 1.165) is 6.54 Å². The maximum Gasteiger partial charge on any atom is 0.0708 e. The second-order valence-corrected chi connectivity index (χ2v) is 19.5. The lowest BCUT2D eigenvalue weighted by molar-refractivity contribution is 0.602. The fourth-order valence-corrected chi connectivity index (χ4v) is 13.8. The molecular formula is C42H49NS6. The smallest absolute Gasteiger partial charge is 0.0708 e. The Morgan fingerprint density at radius 2 is 0.959 bits per heavy atom. The summed E-state index contributed by atoms with van der Waals surface area (Å²) in [6.07, 6.45) is 18.0. The van der Waals surface area contributed by atoms with Gasteiger partial charge in [-0.25, -0.2) is 0 Å². The van der Waals surface area contributed by atoms with Gasteiger partial charge in [0.05, 0.1) is 20.4 Å². The van der Waals surface area contributed by atoms with Gasteiger partial charge in [-0.1, -0.05) is 90.7 Å². The second kappa shape index (κ2) is 17.0. The van der Waals surface area contributed by atoms with Crippen molar-refractivity contribution in [2.45, 2.75) is 117 Å². The van der Waals surface area contributed by atoms with E-state index in [1.807, 2.05) is 45.3 Å². The van der Waals surface area contributed by atoms with Crippen LogP contribution in [-0.4, -0.2) is 4.57 Å². The number of nitrogens with zero attached hydrogens (tertiary/aromatic N) is 1. The minimum Gasteiger partial charge on any atom is -0.339 e. The lowest BCUT2D eigenvalue weighted by atomic mass is 10.0. The first kappa shape index (κ1) is 35.4. The Morgan fingerprint density at radius 3 is 1.51 bits per heavy atom. The lowest BCUT2D eigenvalue weighted by Crippen LogP contribution is -1.96. The van der Waals surface area contributed by atoms with Gasteiger partial charge in [0.25, 0.3) is 0 Å². The molecule has 0 amide bonds.